The number of nitrogens with zero attached hydrogens (tertiary/aromatic N) is 6. The van der Waals surface area contributed by atoms with E-state index in [1.807, 2.05) is 0 Å². The lowest BCUT2D eigenvalue weighted by molar-refractivity contribution is -0.141. The Morgan fingerprint density at radius 3 is 2.70 bits per heavy atom. The third-order valence-electron chi connectivity index (χ3n) is 3.89. The van der Waals surface area contributed by atoms with Crippen LogP contribution in [0.2, 0.25) is 0 Å². The second-order valence-electron chi connectivity index (χ2n) is 6.02. The van der Waals surface area contributed by atoms with Gasteiger partial charge in [0.05, 0.1) is 23.2 Å². The highest BCUT2D eigenvalue weighted by molar-refractivity contribution is 7.99. The fourth-order valence-corrected chi connectivity index (χ4v) is 3.94. The molecule has 1 N–H and O–H groups in total. The van der Waals surface area contributed by atoms with Gasteiger partial charge in [0.25, 0.3) is 0 Å². The molecule has 0 saturated carbocycles. The fourth-order valence-electron chi connectivity index (χ4n) is 2.66. The first-order valence-electron chi connectivity index (χ1n) is 8.45. The van der Waals surface area contributed by atoms with Crippen molar-refractivity contribution < 1.29 is 18.0 Å². The molecule has 30 heavy (non-hydrogen) atoms. The van der Waals surface area contributed by atoms with Crippen molar-refractivity contribution in [2.24, 2.45) is 0 Å². The summed E-state index contributed by atoms with van der Waals surface area (Å²) in [6.07, 6.45) is -1.57. The largest absolute Gasteiger partial charge is 0.406 e. The number of aromatic nitrogens is 6. The highest BCUT2D eigenvalue weighted by atomic mass is 32.2. The molecule has 0 bridgehead atoms. The molecule has 0 aliphatic heterocycles. The van der Waals surface area contributed by atoms with Crippen molar-refractivity contribution in [3.63, 3.8) is 0 Å². The van der Waals surface area contributed by atoms with Crippen LogP contribution in [-0.4, -0.2) is 46.3 Å². The summed E-state index contributed by atoms with van der Waals surface area (Å²) in [7, 11) is 0. The molecule has 13 heteroatoms. The topological polar surface area (TPSA) is 98.5 Å². The van der Waals surface area contributed by atoms with E-state index in [-0.39, 0.29) is 16.7 Å². The Hall–Kier alpha value is -3.06. The number of thioether (sulfide) groups is 1. The fraction of sp³-hybridized carbons (Fsp3) is 0.176. The van der Waals surface area contributed by atoms with Gasteiger partial charge in [-0.3, -0.25) is 14.3 Å². The maximum absolute atomic E-state index is 13.1. The summed E-state index contributed by atoms with van der Waals surface area (Å²) in [5.74, 6) is -0.510. The average molecular weight is 451 g/mol. The molecule has 1 aromatic carbocycles. The summed E-state index contributed by atoms with van der Waals surface area (Å²) >= 11 is 1.89. The molecule has 0 atom stereocenters. The molecule has 0 spiro atoms. The molecular formula is C17H12F3N7OS2. The van der Waals surface area contributed by atoms with Crippen LogP contribution in [0.5, 0.6) is 0 Å². The molecule has 1 amide bonds. The quantitative estimate of drug-likeness (QED) is 0.447. The van der Waals surface area contributed by atoms with Crippen molar-refractivity contribution in [2.45, 2.75) is 17.9 Å². The molecule has 4 rings (SSSR count). The van der Waals surface area contributed by atoms with E-state index in [2.05, 4.69) is 29.2 Å². The van der Waals surface area contributed by atoms with Crippen LogP contribution >= 0.6 is 23.5 Å². The van der Waals surface area contributed by atoms with Gasteiger partial charge in [0.2, 0.25) is 5.91 Å². The summed E-state index contributed by atoms with van der Waals surface area (Å²) in [5, 5.41) is 10.4. The standard InChI is InChI=1S/C17H12F3N7OS2/c18-17(19,20)9-27-15(10-4-6-21-7-5-10)23-24-16(27)29-8-13(28)22-11-2-1-3-12-14(11)26-30-25-12/h1-7H,8-9H2,(H,22,28). The third-order valence-corrected chi connectivity index (χ3v) is 5.39. The minimum absolute atomic E-state index is 0.0113. The summed E-state index contributed by atoms with van der Waals surface area (Å²) in [5.41, 5.74) is 2.14. The van der Waals surface area contributed by atoms with Crippen molar-refractivity contribution in [3.05, 3.63) is 42.7 Å². The molecule has 3 heterocycles. The number of hydrogen-bond donors (Lipinski definition) is 1. The second-order valence-corrected chi connectivity index (χ2v) is 7.49. The Morgan fingerprint density at radius 1 is 1.13 bits per heavy atom. The highest BCUT2D eigenvalue weighted by Gasteiger charge is 2.31. The van der Waals surface area contributed by atoms with Gasteiger partial charge in [0.15, 0.2) is 11.0 Å². The maximum Gasteiger partial charge on any atom is 0.406 e. The van der Waals surface area contributed by atoms with E-state index in [9.17, 15) is 18.0 Å². The number of nitrogens with one attached hydrogen (secondary N) is 1. The number of carbonyl (C=O) groups is 1. The van der Waals surface area contributed by atoms with Crippen molar-refractivity contribution in [2.75, 3.05) is 11.1 Å². The Bertz CT molecular complexity index is 1180. The van der Waals surface area contributed by atoms with Crippen LogP contribution in [0.25, 0.3) is 22.4 Å². The van der Waals surface area contributed by atoms with Gasteiger partial charge in [-0.05, 0) is 24.3 Å². The number of alkyl halides is 3. The lowest BCUT2D eigenvalue weighted by Crippen LogP contribution is -2.20. The number of rotatable bonds is 6. The number of amides is 1. The van der Waals surface area contributed by atoms with E-state index in [4.69, 9.17) is 0 Å². The van der Waals surface area contributed by atoms with Crippen LogP contribution in [0.3, 0.4) is 0 Å². The van der Waals surface area contributed by atoms with Gasteiger partial charge >= 0.3 is 6.18 Å². The van der Waals surface area contributed by atoms with Crippen molar-refractivity contribution in [1.82, 2.24) is 28.5 Å². The van der Waals surface area contributed by atoms with Gasteiger partial charge in [0, 0.05) is 18.0 Å². The zero-order valence-electron chi connectivity index (χ0n) is 15.0. The lowest BCUT2D eigenvalue weighted by Gasteiger charge is -2.12. The molecule has 0 saturated heterocycles. The number of carbonyl (C=O) groups excluding carboxylic acids is 1. The van der Waals surface area contributed by atoms with Gasteiger partial charge in [-0.1, -0.05) is 17.8 Å². The zero-order chi connectivity index (χ0) is 21.1. The Labute approximate surface area is 175 Å². The van der Waals surface area contributed by atoms with Crippen LogP contribution in [0.1, 0.15) is 0 Å². The second kappa shape index (κ2) is 8.36. The SMILES string of the molecule is O=C(CSc1nnc(-c2ccncc2)n1CC(F)(F)F)Nc1cccc2nsnc12. The van der Waals surface area contributed by atoms with E-state index in [0.717, 1.165) is 28.1 Å². The summed E-state index contributed by atoms with van der Waals surface area (Å²) in [6.45, 7) is -1.27. The molecule has 3 aromatic heterocycles. The average Bonchev–Trinajstić information content (AvgIpc) is 3.33. The van der Waals surface area contributed by atoms with E-state index >= 15 is 0 Å². The van der Waals surface area contributed by atoms with E-state index in [1.54, 1.807) is 30.3 Å². The zero-order valence-corrected chi connectivity index (χ0v) is 16.6. The smallest absolute Gasteiger partial charge is 0.323 e. The van der Waals surface area contributed by atoms with E-state index in [0.29, 0.717) is 22.3 Å². The normalized spacial score (nSPS) is 11.7. The van der Waals surface area contributed by atoms with Crippen molar-refractivity contribution in [1.29, 1.82) is 0 Å². The Morgan fingerprint density at radius 2 is 1.93 bits per heavy atom. The number of benzene rings is 1. The predicted molar refractivity (Wildman–Crippen MR) is 106 cm³/mol. The molecule has 154 valence electrons. The Balaban J connectivity index is 1.52. The molecule has 0 unspecified atom stereocenters. The van der Waals surface area contributed by atoms with Gasteiger partial charge in [-0.2, -0.15) is 21.9 Å². The van der Waals surface area contributed by atoms with Gasteiger partial charge < -0.3 is 5.32 Å². The number of pyridine rings is 1. The van der Waals surface area contributed by atoms with E-state index < -0.39 is 18.6 Å². The van der Waals surface area contributed by atoms with Gasteiger partial charge in [0.1, 0.15) is 17.6 Å². The Kier molecular flexibility index (Phi) is 5.63. The first-order valence-corrected chi connectivity index (χ1v) is 10.2. The predicted octanol–water partition coefficient (Wildman–Crippen LogP) is 3.64. The highest BCUT2D eigenvalue weighted by Crippen LogP contribution is 2.28. The van der Waals surface area contributed by atoms with Crippen LogP contribution in [0, 0.1) is 0 Å². The first-order chi connectivity index (χ1) is 14.4. The maximum atomic E-state index is 13.1. The van der Waals surface area contributed by atoms with Crippen molar-refractivity contribution in [3.8, 4) is 11.4 Å². The number of anilines is 1. The summed E-state index contributed by atoms with van der Waals surface area (Å²) in [6, 6.07) is 8.26. The molecule has 0 fully saturated rings. The van der Waals surface area contributed by atoms with Crippen LogP contribution < -0.4 is 5.32 Å². The number of halogens is 3. The van der Waals surface area contributed by atoms with Gasteiger partial charge in [-0.15, -0.1) is 10.2 Å². The van der Waals surface area contributed by atoms with E-state index in [1.165, 1.54) is 12.4 Å². The minimum atomic E-state index is -4.48. The number of hydrogen-bond acceptors (Lipinski definition) is 8. The van der Waals surface area contributed by atoms with Crippen LogP contribution in [0.4, 0.5) is 18.9 Å². The van der Waals surface area contributed by atoms with Crippen molar-refractivity contribution >= 4 is 46.1 Å². The molecule has 0 radical (unpaired) electrons. The van der Waals surface area contributed by atoms with Crippen LogP contribution in [-0.2, 0) is 11.3 Å². The van der Waals surface area contributed by atoms with Gasteiger partial charge in [-0.25, -0.2) is 0 Å². The summed E-state index contributed by atoms with van der Waals surface area (Å²) < 4.78 is 48.5. The van der Waals surface area contributed by atoms with Crippen LogP contribution in [0.15, 0.2) is 47.9 Å². The molecule has 8 nitrogen and oxygen atoms in total. The molecule has 0 aliphatic carbocycles. The number of fused-ring (bicyclic) bond motifs is 1. The third kappa shape index (κ3) is 4.57. The minimum Gasteiger partial charge on any atom is -0.323 e. The monoisotopic (exact) mass is 451 g/mol. The summed E-state index contributed by atoms with van der Waals surface area (Å²) in [4.78, 5) is 16.2. The molecular weight excluding hydrogens is 439 g/mol. The lowest BCUT2D eigenvalue weighted by atomic mass is 10.2. The molecule has 0 aliphatic rings. The molecule has 4 aromatic rings. The first kappa shape index (κ1) is 20.2.